The number of benzene rings is 1. The highest BCUT2D eigenvalue weighted by atomic mass is 32.1. The molecule has 0 aliphatic carbocycles. The van der Waals surface area contributed by atoms with Gasteiger partial charge in [-0.2, -0.15) is 0 Å². The van der Waals surface area contributed by atoms with Crippen molar-refractivity contribution >= 4 is 34.0 Å². The number of carbonyl (C=O) groups excluding carboxylic acids is 1. The van der Waals surface area contributed by atoms with Crippen molar-refractivity contribution in [3.05, 3.63) is 35.3 Å². The van der Waals surface area contributed by atoms with Crippen molar-refractivity contribution in [1.82, 2.24) is 9.88 Å². The van der Waals surface area contributed by atoms with Gasteiger partial charge in [-0.25, -0.2) is 9.98 Å². The molecule has 0 unspecified atom stereocenters. The van der Waals surface area contributed by atoms with Crippen molar-refractivity contribution in [1.29, 1.82) is 0 Å². The zero-order chi connectivity index (χ0) is 19.2. The molecule has 3 rings (SSSR count). The van der Waals surface area contributed by atoms with Gasteiger partial charge in [0.15, 0.2) is 11.1 Å². The molecule has 2 heterocycles. The van der Waals surface area contributed by atoms with Crippen LogP contribution in [0.25, 0.3) is 0 Å². The zero-order valence-electron chi connectivity index (χ0n) is 15.5. The summed E-state index contributed by atoms with van der Waals surface area (Å²) in [5.74, 6) is 1.00. The highest BCUT2D eigenvalue weighted by Gasteiger charge is 2.19. The Morgan fingerprint density at radius 1 is 1.37 bits per heavy atom. The molecule has 0 bridgehead atoms. The van der Waals surface area contributed by atoms with Crippen LogP contribution in [0.4, 0.5) is 10.8 Å². The summed E-state index contributed by atoms with van der Waals surface area (Å²) in [4.78, 5) is 24.6. The fourth-order valence-corrected chi connectivity index (χ4v) is 3.61. The van der Waals surface area contributed by atoms with E-state index in [1.165, 1.54) is 6.92 Å². The Labute approximate surface area is 162 Å². The van der Waals surface area contributed by atoms with Crippen molar-refractivity contribution < 1.29 is 9.53 Å². The summed E-state index contributed by atoms with van der Waals surface area (Å²) < 4.78 is 5.27. The molecule has 1 fully saturated rings. The number of aliphatic imine (C=N–C) groups is 1. The molecule has 1 aliphatic rings. The quantitative estimate of drug-likeness (QED) is 0.598. The number of rotatable bonds is 5. The lowest BCUT2D eigenvalue weighted by Gasteiger charge is -2.35. The number of aromatic nitrogens is 1. The van der Waals surface area contributed by atoms with Crippen LogP contribution >= 0.6 is 11.3 Å². The first-order valence-corrected chi connectivity index (χ1v) is 9.58. The maximum absolute atomic E-state index is 11.3. The molecular weight excluding hydrogens is 364 g/mol. The van der Waals surface area contributed by atoms with Crippen LogP contribution in [-0.2, 0) is 11.3 Å². The minimum Gasteiger partial charge on any atom is -0.495 e. The van der Waals surface area contributed by atoms with E-state index < -0.39 is 0 Å². The van der Waals surface area contributed by atoms with Crippen molar-refractivity contribution in [3.8, 4) is 5.75 Å². The molecule has 1 amide bonds. The second-order valence-corrected chi connectivity index (χ2v) is 7.05. The Morgan fingerprint density at radius 2 is 2.15 bits per heavy atom. The topological polar surface area (TPSA) is 96.1 Å². The number of methoxy groups -OCH3 is 1. The minimum atomic E-state index is -0.147. The van der Waals surface area contributed by atoms with Crippen LogP contribution in [0, 0.1) is 0 Å². The standard InChI is InChI=1S/C18H24N6O2S/c1-13(25)22-15-11-14(3-4-16(15)26-2)12-21-17(19)23-6-8-24(9-7-23)18-20-5-10-27-18/h3-5,10-11H,6-9,12H2,1-2H3,(H2,19,21)(H,22,25). The lowest BCUT2D eigenvalue weighted by atomic mass is 10.2. The fourth-order valence-electron chi connectivity index (χ4n) is 2.91. The van der Waals surface area contributed by atoms with E-state index in [0.717, 1.165) is 36.9 Å². The number of piperazine rings is 1. The third-order valence-corrected chi connectivity index (χ3v) is 5.12. The highest BCUT2D eigenvalue weighted by Crippen LogP contribution is 2.26. The number of carbonyl (C=O) groups is 1. The summed E-state index contributed by atoms with van der Waals surface area (Å²) in [6, 6.07) is 5.60. The number of amides is 1. The van der Waals surface area contributed by atoms with Crippen molar-refractivity contribution in [2.24, 2.45) is 10.7 Å². The van der Waals surface area contributed by atoms with Gasteiger partial charge in [-0.15, -0.1) is 11.3 Å². The summed E-state index contributed by atoms with van der Waals surface area (Å²) >= 11 is 1.65. The molecule has 27 heavy (non-hydrogen) atoms. The molecule has 144 valence electrons. The van der Waals surface area contributed by atoms with Crippen LogP contribution in [0.3, 0.4) is 0 Å². The molecule has 8 nitrogen and oxygen atoms in total. The number of nitrogens with one attached hydrogen (secondary N) is 1. The third kappa shape index (κ3) is 4.88. The van der Waals surface area contributed by atoms with Crippen LogP contribution in [0.2, 0.25) is 0 Å². The normalized spacial score (nSPS) is 15.0. The summed E-state index contributed by atoms with van der Waals surface area (Å²) in [6.07, 6.45) is 1.83. The van der Waals surface area contributed by atoms with E-state index in [-0.39, 0.29) is 5.91 Å². The summed E-state index contributed by atoms with van der Waals surface area (Å²) in [5.41, 5.74) is 7.77. The number of hydrogen-bond donors (Lipinski definition) is 2. The predicted molar refractivity (Wildman–Crippen MR) is 109 cm³/mol. The first kappa shape index (κ1) is 19.0. The molecule has 1 saturated heterocycles. The van der Waals surface area contributed by atoms with Crippen LogP contribution in [-0.4, -0.2) is 55.0 Å². The number of hydrogen-bond acceptors (Lipinski definition) is 6. The number of nitrogens with zero attached hydrogens (tertiary/aromatic N) is 4. The van der Waals surface area contributed by atoms with Crippen molar-refractivity contribution in [2.75, 3.05) is 43.5 Å². The van der Waals surface area contributed by atoms with Crippen LogP contribution in [0.1, 0.15) is 12.5 Å². The average molecular weight is 388 g/mol. The average Bonchev–Trinajstić information content (AvgIpc) is 3.21. The van der Waals surface area contributed by atoms with Crippen LogP contribution in [0.5, 0.6) is 5.75 Å². The molecular formula is C18H24N6O2S. The number of guanidine groups is 1. The van der Waals surface area contributed by atoms with Gasteiger partial charge in [-0.1, -0.05) is 6.07 Å². The number of nitrogens with two attached hydrogens (primary N) is 1. The van der Waals surface area contributed by atoms with Gasteiger partial charge in [-0.05, 0) is 17.7 Å². The van der Waals surface area contributed by atoms with Crippen molar-refractivity contribution in [3.63, 3.8) is 0 Å². The van der Waals surface area contributed by atoms with Crippen molar-refractivity contribution in [2.45, 2.75) is 13.5 Å². The van der Waals surface area contributed by atoms with Gasteiger partial charge < -0.3 is 25.6 Å². The molecule has 3 N–H and O–H groups in total. The SMILES string of the molecule is COc1ccc(CN=C(N)N2CCN(c3nccs3)CC2)cc1NC(C)=O. The Hall–Kier alpha value is -2.81. The van der Waals surface area contributed by atoms with Gasteiger partial charge in [0.25, 0.3) is 0 Å². The summed E-state index contributed by atoms with van der Waals surface area (Å²) in [6.45, 7) is 5.28. The van der Waals surface area contributed by atoms with Crippen LogP contribution < -0.4 is 20.7 Å². The Bertz CT molecular complexity index is 800. The van der Waals surface area contributed by atoms with E-state index in [1.54, 1.807) is 18.4 Å². The maximum Gasteiger partial charge on any atom is 0.221 e. The molecule has 9 heteroatoms. The van der Waals surface area contributed by atoms with E-state index in [4.69, 9.17) is 10.5 Å². The molecule has 0 spiro atoms. The van der Waals surface area contributed by atoms with E-state index >= 15 is 0 Å². The molecule has 1 aromatic heterocycles. The number of thiazole rings is 1. The van der Waals surface area contributed by atoms with Gasteiger partial charge in [0.05, 0.1) is 19.3 Å². The first-order chi connectivity index (χ1) is 13.1. The summed E-state index contributed by atoms with van der Waals surface area (Å²) in [5, 5.41) is 5.81. The summed E-state index contributed by atoms with van der Waals surface area (Å²) in [7, 11) is 1.57. The van der Waals surface area contributed by atoms with Gasteiger partial charge in [0.1, 0.15) is 5.75 Å². The third-order valence-electron chi connectivity index (χ3n) is 4.29. The van der Waals surface area contributed by atoms with E-state index in [0.29, 0.717) is 23.9 Å². The monoisotopic (exact) mass is 388 g/mol. The number of ether oxygens (including phenoxy) is 1. The Morgan fingerprint density at radius 3 is 2.78 bits per heavy atom. The molecule has 0 atom stereocenters. The van der Waals surface area contributed by atoms with Gasteiger partial charge in [-0.3, -0.25) is 4.79 Å². The number of anilines is 2. The van der Waals surface area contributed by atoms with E-state index in [9.17, 15) is 4.79 Å². The Kier molecular flexibility index (Phi) is 6.12. The smallest absolute Gasteiger partial charge is 0.221 e. The highest BCUT2D eigenvalue weighted by molar-refractivity contribution is 7.13. The fraction of sp³-hybridized carbons (Fsp3) is 0.389. The minimum absolute atomic E-state index is 0.147. The lowest BCUT2D eigenvalue weighted by molar-refractivity contribution is -0.114. The Balaban J connectivity index is 1.60. The molecule has 1 aliphatic heterocycles. The molecule has 0 saturated carbocycles. The molecule has 0 radical (unpaired) electrons. The zero-order valence-corrected chi connectivity index (χ0v) is 16.3. The lowest BCUT2D eigenvalue weighted by Crippen LogP contribution is -2.51. The second-order valence-electron chi connectivity index (χ2n) is 6.18. The van der Waals surface area contributed by atoms with Gasteiger partial charge >= 0.3 is 0 Å². The predicted octanol–water partition coefficient (Wildman–Crippen LogP) is 1.75. The largest absolute Gasteiger partial charge is 0.495 e. The van der Waals surface area contributed by atoms with E-state index in [2.05, 4.69) is 25.1 Å². The van der Waals surface area contributed by atoms with E-state index in [1.807, 2.05) is 29.8 Å². The van der Waals surface area contributed by atoms with Gasteiger partial charge in [0, 0.05) is 44.7 Å². The maximum atomic E-state index is 11.3. The van der Waals surface area contributed by atoms with Crippen LogP contribution in [0.15, 0.2) is 34.8 Å². The first-order valence-electron chi connectivity index (χ1n) is 8.70. The van der Waals surface area contributed by atoms with Gasteiger partial charge in [0.2, 0.25) is 5.91 Å². The second kappa shape index (κ2) is 8.72. The molecule has 2 aromatic rings. The molecule has 1 aromatic carbocycles.